The molecule has 0 spiro atoms. The van der Waals surface area contributed by atoms with Gasteiger partial charge in [-0.3, -0.25) is 4.79 Å². The lowest BCUT2D eigenvalue weighted by Gasteiger charge is -2.15. The standard InChI is InChI=1S/C14H14ClNO3S2/c1-7(2)19-10-5-8(4-9(15)12(10)18-3)6-11-13(17)16-14(20)21-11/h4-7H,1-3H3,(H,16,17,20)/b11-6+. The number of thioether (sulfide) groups is 1. The lowest BCUT2D eigenvalue weighted by Crippen LogP contribution is -2.17. The van der Waals surface area contributed by atoms with Gasteiger partial charge in [-0.2, -0.15) is 0 Å². The molecule has 0 atom stereocenters. The van der Waals surface area contributed by atoms with Gasteiger partial charge in [0.1, 0.15) is 4.32 Å². The average Bonchev–Trinajstić information content (AvgIpc) is 2.66. The van der Waals surface area contributed by atoms with Crippen molar-refractivity contribution in [2.75, 3.05) is 7.11 Å². The number of benzene rings is 1. The number of halogens is 1. The summed E-state index contributed by atoms with van der Waals surface area (Å²) in [5.41, 5.74) is 0.749. The number of methoxy groups -OCH3 is 1. The van der Waals surface area contributed by atoms with Gasteiger partial charge in [0.2, 0.25) is 0 Å². The summed E-state index contributed by atoms with van der Waals surface area (Å²) in [5, 5.41) is 2.99. The second-order valence-electron chi connectivity index (χ2n) is 4.55. The van der Waals surface area contributed by atoms with E-state index in [2.05, 4.69) is 5.32 Å². The molecule has 1 N–H and O–H groups in total. The Labute approximate surface area is 137 Å². The molecular formula is C14H14ClNO3S2. The van der Waals surface area contributed by atoms with Crippen molar-refractivity contribution in [1.29, 1.82) is 0 Å². The third-order valence-corrected chi connectivity index (χ3v) is 3.98. The van der Waals surface area contributed by atoms with E-state index in [0.29, 0.717) is 25.7 Å². The summed E-state index contributed by atoms with van der Waals surface area (Å²) >= 11 is 12.4. The molecule has 1 aliphatic heterocycles. The summed E-state index contributed by atoms with van der Waals surface area (Å²) < 4.78 is 11.4. The van der Waals surface area contributed by atoms with Gasteiger partial charge >= 0.3 is 0 Å². The van der Waals surface area contributed by atoms with Crippen molar-refractivity contribution in [3.05, 3.63) is 27.6 Å². The van der Waals surface area contributed by atoms with Crippen LogP contribution in [0.3, 0.4) is 0 Å². The summed E-state index contributed by atoms with van der Waals surface area (Å²) in [5.74, 6) is 0.813. The summed E-state index contributed by atoms with van der Waals surface area (Å²) in [6, 6.07) is 3.50. The number of hydrogen-bond acceptors (Lipinski definition) is 5. The third kappa shape index (κ3) is 3.90. The molecule has 1 aromatic carbocycles. The van der Waals surface area contributed by atoms with Gasteiger partial charge in [0.05, 0.1) is 23.1 Å². The van der Waals surface area contributed by atoms with Gasteiger partial charge in [-0.25, -0.2) is 0 Å². The summed E-state index contributed by atoms with van der Waals surface area (Å²) in [7, 11) is 1.53. The van der Waals surface area contributed by atoms with Crippen LogP contribution in [0.25, 0.3) is 6.08 Å². The Kier molecular flexibility index (Phi) is 5.13. The Morgan fingerprint density at radius 3 is 2.67 bits per heavy atom. The van der Waals surface area contributed by atoms with E-state index in [1.165, 1.54) is 18.9 Å². The Balaban J connectivity index is 2.41. The molecule has 1 fully saturated rings. The first-order chi connectivity index (χ1) is 9.90. The van der Waals surface area contributed by atoms with Crippen LogP contribution in [-0.2, 0) is 4.79 Å². The molecule has 1 aromatic rings. The highest BCUT2D eigenvalue weighted by molar-refractivity contribution is 8.26. The first-order valence-electron chi connectivity index (χ1n) is 6.19. The van der Waals surface area contributed by atoms with E-state index in [9.17, 15) is 4.79 Å². The minimum atomic E-state index is -0.205. The van der Waals surface area contributed by atoms with Crippen molar-refractivity contribution in [2.45, 2.75) is 20.0 Å². The molecule has 0 radical (unpaired) electrons. The molecule has 21 heavy (non-hydrogen) atoms. The van der Waals surface area contributed by atoms with E-state index in [-0.39, 0.29) is 12.0 Å². The van der Waals surface area contributed by atoms with Crippen molar-refractivity contribution in [1.82, 2.24) is 5.32 Å². The minimum Gasteiger partial charge on any atom is -0.491 e. The highest BCUT2D eigenvalue weighted by Crippen LogP contribution is 2.38. The number of rotatable bonds is 4. The topological polar surface area (TPSA) is 47.6 Å². The van der Waals surface area contributed by atoms with Crippen LogP contribution < -0.4 is 14.8 Å². The molecule has 4 nitrogen and oxygen atoms in total. The molecule has 1 saturated heterocycles. The minimum absolute atomic E-state index is 0.0189. The van der Waals surface area contributed by atoms with Gasteiger partial charge in [0.25, 0.3) is 5.91 Å². The fraction of sp³-hybridized carbons (Fsp3) is 0.286. The predicted molar refractivity (Wildman–Crippen MR) is 90.1 cm³/mol. The smallest absolute Gasteiger partial charge is 0.263 e. The highest BCUT2D eigenvalue weighted by atomic mass is 35.5. The first-order valence-corrected chi connectivity index (χ1v) is 7.80. The molecular weight excluding hydrogens is 330 g/mol. The van der Waals surface area contributed by atoms with Crippen molar-refractivity contribution < 1.29 is 14.3 Å². The normalized spacial score (nSPS) is 16.5. The quantitative estimate of drug-likeness (QED) is 0.668. The van der Waals surface area contributed by atoms with Gasteiger partial charge in [0.15, 0.2) is 11.5 Å². The maximum atomic E-state index is 11.7. The number of carbonyl (C=O) groups is 1. The number of amides is 1. The molecule has 2 rings (SSSR count). The van der Waals surface area contributed by atoms with E-state index >= 15 is 0 Å². The van der Waals surface area contributed by atoms with Crippen LogP contribution in [0.5, 0.6) is 11.5 Å². The molecule has 1 heterocycles. The van der Waals surface area contributed by atoms with Crippen LogP contribution in [0.2, 0.25) is 5.02 Å². The molecule has 1 aliphatic rings. The van der Waals surface area contributed by atoms with Crippen LogP contribution >= 0.6 is 35.6 Å². The first kappa shape index (κ1) is 16.1. The molecule has 0 bridgehead atoms. The highest BCUT2D eigenvalue weighted by Gasteiger charge is 2.22. The molecule has 0 aromatic heterocycles. The zero-order valence-electron chi connectivity index (χ0n) is 11.7. The van der Waals surface area contributed by atoms with Crippen LogP contribution in [-0.4, -0.2) is 23.4 Å². The molecule has 0 unspecified atom stereocenters. The van der Waals surface area contributed by atoms with Crippen molar-refractivity contribution in [3.63, 3.8) is 0 Å². The Morgan fingerprint density at radius 2 is 2.14 bits per heavy atom. The van der Waals surface area contributed by atoms with Crippen molar-refractivity contribution >= 4 is 51.9 Å². The number of carbonyl (C=O) groups excluding carboxylic acids is 1. The number of ether oxygens (including phenoxy) is 2. The monoisotopic (exact) mass is 343 g/mol. The number of hydrogen-bond donors (Lipinski definition) is 1. The Bertz CT molecular complexity index is 629. The zero-order chi connectivity index (χ0) is 15.6. The molecule has 112 valence electrons. The second-order valence-corrected chi connectivity index (χ2v) is 6.68. The Morgan fingerprint density at radius 1 is 1.43 bits per heavy atom. The molecule has 0 aliphatic carbocycles. The van der Waals surface area contributed by atoms with E-state index < -0.39 is 0 Å². The molecule has 7 heteroatoms. The van der Waals surface area contributed by atoms with Crippen LogP contribution in [0.15, 0.2) is 17.0 Å². The SMILES string of the molecule is COc1c(Cl)cc(/C=C2/SC(=S)NC2=O)cc1OC(C)C. The molecule has 0 saturated carbocycles. The van der Waals surface area contributed by atoms with E-state index in [4.69, 9.17) is 33.3 Å². The lowest BCUT2D eigenvalue weighted by molar-refractivity contribution is -0.115. The van der Waals surface area contributed by atoms with Gasteiger partial charge in [0, 0.05) is 0 Å². The van der Waals surface area contributed by atoms with Crippen LogP contribution in [0.4, 0.5) is 0 Å². The number of nitrogens with one attached hydrogen (secondary N) is 1. The fourth-order valence-electron chi connectivity index (χ4n) is 1.78. The van der Waals surface area contributed by atoms with E-state index in [0.717, 1.165) is 5.56 Å². The summed E-state index contributed by atoms with van der Waals surface area (Å²) in [4.78, 5) is 12.2. The Hall–Kier alpha value is -1.24. The largest absolute Gasteiger partial charge is 0.491 e. The second kappa shape index (κ2) is 6.68. The van der Waals surface area contributed by atoms with Gasteiger partial charge in [-0.15, -0.1) is 0 Å². The van der Waals surface area contributed by atoms with Gasteiger partial charge in [-0.1, -0.05) is 35.6 Å². The summed E-state index contributed by atoms with van der Waals surface area (Å²) in [6.07, 6.45) is 1.70. The lowest BCUT2D eigenvalue weighted by atomic mass is 10.1. The maximum Gasteiger partial charge on any atom is 0.263 e. The maximum absolute atomic E-state index is 11.7. The third-order valence-electron chi connectivity index (χ3n) is 2.54. The van der Waals surface area contributed by atoms with Crippen molar-refractivity contribution in [2.24, 2.45) is 0 Å². The van der Waals surface area contributed by atoms with E-state index in [1.807, 2.05) is 13.8 Å². The fourth-order valence-corrected chi connectivity index (χ4v) is 3.12. The molecule has 1 amide bonds. The average molecular weight is 344 g/mol. The zero-order valence-corrected chi connectivity index (χ0v) is 14.1. The number of thiocarbonyl (C=S) groups is 1. The van der Waals surface area contributed by atoms with Crippen LogP contribution in [0, 0.1) is 0 Å². The van der Waals surface area contributed by atoms with Crippen LogP contribution in [0.1, 0.15) is 19.4 Å². The predicted octanol–water partition coefficient (Wildman–Crippen LogP) is 3.62. The summed E-state index contributed by atoms with van der Waals surface area (Å²) in [6.45, 7) is 3.83. The van der Waals surface area contributed by atoms with E-state index in [1.54, 1.807) is 18.2 Å². The van der Waals surface area contributed by atoms with Gasteiger partial charge < -0.3 is 14.8 Å². The van der Waals surface area contributed by atoms with Gasteiger partial charge in [-0.05, 0) is 37.6 Å². The van der Waals surface area contributed by atoms with Crippen molar-refractivity contribution in [3.8, 4) is 11.5 Å².